The van der Waals surface area contributed by atoms with Gasteiger partial charge in [0.05, 0.1) is 17.7 Å². The lowest BCUT2D eigenvalue weighted by Crippen LogP contribution is -2.51. The van der Waals surface area contributed by atoms with Crippen molar-refractivity contribution in [1.29, 1.82) is 0 Å². The number of likely N-dealkylation sites (N-methyl/N-ethyl adjacent to an activating group) is 1. The van der Waals surface area contributed by atoms with E-state index in [4.69, 9.17) is 9.47 Å². The molecule has 32 heavy (non-hydrogen) atoms. The number of rotatable bonds is 3. The lowest BCUT2D eigenvalue weighted by Gasteiger charge is -2.39. The summed E-state index contributed by atoms with van der Waals surface area (Å²) < 4.78 is 11.8. The molecule has 1 N–H and O–H groups in total. The van der Waals surface area contributed by atoms with Crippen LogP contribution in [0.4, 0.5) is 5.69 Å². The zero-order chi connectivity index (χ0) is 23.4. The van der Waals surface area contributed by atoms with E-state index in [1.54, 1.807) is 37.3 Å². The standard InChI is InChI=1S/C24H35N3O5/c1-15-12-27(23(29)18-7-6-8-18)16(2)14-32-21-10-9-19(25-17(3)28)11-20(21)24(30)26(4)13-22(15)31-5/h9-11,15-16,18,22H,6-8,12-14H2,1-5H3,(H,25,28)/t15-,16+,22+/m0/s1. The summed E-state index contributed by atoms with van der Waals surface area (Å²) in [6, 6.07) is 4.88. The largest absolute Gasteiger partial charge is 0.491 e. The number of hydrogen-bond donors (Lipinski definition) is 1. The highest BCUT2D eigenvalue weighted by Crippen LogP contribution is 2.31. The maximum absolute atomic E-state index is 13.3. The van der Waals surface area contributed by atoms with E-state index in [-0.39, 0.29) is 48.3 Å². The molecular formula is C24H35N3O5. The number of anilines is 1. The van der Waals surface area contributed by atoms with Crippen LogP contribution < -0.4 is 10.1 Å². The monoisotopic (exact) mass is 445 g/mol. The van der Waals surface area contributed by atoms with Gasteiger partial charge in [-0.05, 0) is 38.0 Å². The Labute approximate surface area is 190 Å². The van der Waals surface area contributed by atoms with E-state index in [0.29, 0.717) is 30.1 Å². The van der Waals surface area contributed by atoms with E-state index in [2.05, 4.69) is 12.2 Å². The number of hydrogen-bond acceptors (Lipinski definition) is 5. The van der Waals surface area contributed by atoms with Gasteiger partial charge in [0.2, 0.25) is 11.8 Å². The minimum atomic E-state index is -0.227. The number of benzene rings is 1. The van der Waals surface area contributed by atoms with Gasteiger partial charge in [0.25, 0.3) is 5.91 Å². The lowest BCUT2D eigenvalue weighted by atomic mass is 9.83. The highest BCUT2D eigenvalue weighted by Gasteiger charge is 2.35. The Balaban J connectivity index is 1.95. The molecule has 8 nitrogen and oxygen atoms in total. The average Bonchev–Trinajstić information content (AvgIpc) is 2.71. The van der Waals surface area contributed by atoms with Gasteiger partial charge in [-0.25, -0.2) is 0 Å². The molecule has 0 bridgehead atoms. The molecule has 8 heteroatoms. The maximum atomic E-state index is 13.3. The fraction of sp³-hybridized carbons (Fsp3) is 0.625. The second kappa shape index (κ2) is 10.3. The first-order chi connectivity index (χ1) is 15.2. The van der Waals surface area contributed by atoms with Crippen molar-refractivity contribution in [2.75, 3.05) is 39.2 Å². The fourth-order valence-electron chi connectivity index (χ4n) is 4.25. The SMILES string of the molecule is CO[C@@H]1CN(C)C(=O)c2cc(NC(C)=O)ccc2OC[C@@H](C)N(C(=O)C2CCC2)C[C@@H]1C. The first kappa shape index (κ1) is 24.0. The predicted octanol–water partition coefficient (Wildman–Crippen LogP) is 2.78. The highest BCUT2D eigenvalue weighted by molar-refractivity contribution is 5.99. The van der Waals surface area contributed by atoms with E-state index in [1.165, 1.54) is 6.92 Å². The molecule has 0 aromatic heterocycles. The van der Waals surface area contributed by atoms with Crippen LogP contribution in [0.15, 0.2) is 18.2 Å². The number of carbonyl (C=O) groups is 3. The third kappa shape index (κ3) is 5.41. The minimum Gasteiger partial charge on any atom is -0.491 e. The molecule has 1 saturated carbocycles. The highest BCUT2D eigenvalue weighted by atomic mass is 16.5. The van der Waals surface area contributed by atoms with Crippen molar-refractivity contribution < 1.29 is 23.9 Å². The van der Waals surface area contributed by atoms with Crippen molar-refractivity contribution in [3.63, 3.8) is 0 Å². The van der Waals surface area contributed by atoms with Crippen LogP contribution in [0.5, 0.6) is 5.75 Å². The molecule has 1 fully saturated rings. The number of carbonyl (C=O) groups excluding carboxylic acids is 3. The number of methoxy groups -OCH3 is 1. The summed E-state index contributed by atoms with van der Waals surface area (Å²) in [6.45, 7) is 6.65. The summed E-state index contributed by atoms with van der Waals surface area (Å²) in [4.78, 5) is 41.5. The van der Waals surface area contributed by atoms with Crippen LogP contribution in [0.25, 0.3) is 0 Å². The minimum absolute atomic E-state index is 0.0336. The summed E-state index contributed by atoms with van der Waals surface area (Å²) >= 11 is 0. The van der Waals surface area contributed by atoms with Crippen molar-refractivity contribution in [3.8, 4) is 5.75 Å². The van der Waals surface area contributed by atoms with E-state index in [9.17, 15) is 14.4 Å². The van der Waals surface area contributed by atoms with Crippen LogP contribution in [-0.2, 0) is 14.3 Å². The topological polar surface area (TPSA) is 88.2 Å². The average molecular weight is 446 g/mol. The van der Waals surface area contributed by atoms with E-state index >= 15 is 0 Å². The normalized spacial score (nSPS) is 25.0. The molecule has 176 valence electrons. The number of amides is 3. The summed E-state index contributed by atoms with van der Waals surface area (Å²) in [7, 11) is 3.36. The van der Waals surface area contributed by atoms with Crippen molar-refractivity contribution >= 4 is 23.4 Å². The summed E-state index contributed by atoms with van der Waals surface area (Å²) in [5, 5.41) is 2.72. The molecule has 1 aliphatic heterocycles. The Hall–Kier alpha value is -2.61. The van der Waals surface area contributed by atoms with Gasteiger partial charge in [0.15, 0.2) is 0 Å². The third-order valence-corrected chi connectivity index (χ3v) is 6.50. The number of nitrogens with zero attached hydrogens (tertiary/aromatic N) is 2. The lowest BCUT2D eigenvalue weighted by molar-refractivity contribution is -0.142. The van der Waals surface area contributed by atoms with Crippen LogP contribution in [0, 0.1) is 11.8 Å². The van der Waals surface area contributed by atoms with Crippen molar-refractivity contribution in [1.82, 2.24) is 9.80 Å². The summed E-state index contributed by atoms with van der Waals surface area (Å²) in [6.07, 6.45) is 2.76. The van der Waals surface area contributed by atoms with Gasteiger partial charge >= 0.3 is 0 Å². The van der Waals surface area contributed by atoms with Gasteiger partial charge in [0.1, 0.15) is 12.4 Å². The van der Waals surface area contributed by atoms with E-state index in [1.807, 2.05) is 11.8 Å². The van der Waals surface area contributed by atoms with Crippen molar-refractivity contribution in [2.24, 2.45) is 11.8 Å². The molecule has 1 aromatic rings. The van der Waals surface area contributed by atoms with Crippen LogP contribution in [0.2, 0.25) is 0 Å². The van der Waals surface area contributed by atoms with Gasteiger partial charge in [-0.3, -0.25) is 14.4 Å². The van der Waals surface area contributed by atoms with Crippen LogP contribution in [0.3, 0.4) is 0 Å². The van der Waals surface area contributed by atoms with Gasteiger partial charge in [-0.15, -0.1) is 0 Å². The van der Waals surface area contributed by atoms with Crippen LogP contribution in [-0.4, -0.2) is 73.5 Å². The van der Waals surface area contributed by atoms with Crippen LogP contribution >= 0.6 is 0 Å². The molecule has 3 rings (SSSR count). The second-order valence-electron chi connectivity index (χ2n) is 9.11. The molecule has 0 saturated heterocycles. The quantitative estimate of drug-likeness (QED) is 0.773. The van der Waals surface area contributed by atoms with Gasteiger partial charge in [0, 0.05) is 51.7 Å². The number of ether oxygens (including phenoxy) is 2. The molecule has 1 aromatic carbocycles. The Morgan fingerprint density at radius 2 is 1.91 bits per heavy atom. The molecule has 1 aliphatic carbocycles. The third-order valence-electron chi connectivity index (χ3n) is 6.50. The molecule has 1 heterocycles. The zero-order valence-electron chi connectivity index (χ0n) is 19.7. The number of nitrogens with one attached hydrogen (secondary N) is 1. The van der Waals surface area contributed by atoms with Crippen LogP contribution in [0.1, 0.15) is 50.4 Å². The maximum Gasteiger partial charge on any atom is 0.257 e. The Morgan fingerprint density at radius 3 is 2.50 bits per heavy atom. The fourth-order valence-corrected chi connectivity index (χ4v) is 4.25. The second-order valence-corrected chi connectivity index (χ2v) is 9.11. The predicted molar refractivity (Wildman–Crippen MR) is 122 cm³/mol. The molecular weight excluding hydrogens is 410 g/mol. The van der Waals surface area contributed by atoms with Gasteiger partial charge < -0.3 is 24.6 Å². The Kier molecular flexibility index (Phi) is 7.77. The zero-order valence-corrected chi connectivity index (χ0v) is 19.7. The van der Waals surface area contributed by atoms with Crippen molar-refractivity contribution in [2.45, 2.75) is 52.2 Å². The van der Waals surface area contributed by atoms with E-state index < -0.39 is 0 Å². The van der Waals surface area contributed by atoms with Gasteiger partial charge in [-0.2, -0.15) is 0 Å². The molecule has 0 unspecified atom stereocenters. The molecule has 0 radical (unpaired) electrons. The summed E-state index contributed by atoms with van der Waals surface area (Å²) in [5.74, 6) is 0.309. The summed E-state index contributed by atoms with van der Waals surface area (Å²) in [5.41, 5.74) is 0.895. The first-order valence-electron chi connectivity index (χ1n) is 11.3. The molecule has 3 atom stereocenters. The smallest absolute Gasteiger partial charge is 0.257 e. The Bertz CT molecular complexity index is 854. The van der Waals surface area contributed by atoms with E-state index in [0.717, 1.165) is 19.3 Å². The number of fused-ring (bicyclic) bond motifs is 1. The Morgan fingerprint density at radius 1 is 1.19 bits per heavy atom. The molecule has 2 aliphatic rings. The van der Waals surface area contributed by atoms with Gasteiger partial charge in [-0.1, -0.05) is 13.3 Å². The van der Waals surface area contributed by atoms with Crippen molar-refractivity contribution in [3.05, 3.63) is 23.8 Å². The first-order valence-corrected chi connectivity index (χ1v) is 11.3. The molecule has 0 spiro atoms. The molecule has 3 amide bonds.